The number of piperidine rings is 1. The number of carbonyl (C=O) groups excluding carboxylic acids is 1. The molecule has 1 unspecified atom stereocenters. The molecule has 1 aliphatic heterocycles. The number of ether oxygens (including phenoxy) is 1. The molecule has 0 amide bonds. The van der Waals surface area contributed by atoms with Gasteiger partial charge in [0.2, 0.25) is 0 Å². The summed E-state index contributed by atoms with van der Waals surface area (Å²) in [4.78, 5) is 13.9. The van der Waals surface area contributed by atoms with E-state index in [1.54, 1.807) is 0 Å². The van der Waals surface area contributed by atoms with Crippen LogP contribution in [-0.4, -0.2) is 37.1 Å². The summed E-state index contributed by atoms with van der Waals surface area (Å²) in [6, 6.07) is 0.0194. The quantitative estimate of drug-likeness (QED) is 0.676. The van der Waals surface area contributed by atoms with Gasteiger partial charge in [-0.1, -0.05) is 20.3 Å². The largest absolute Gasteiger partial charge is 0.468 e. The van der Waals surface area contributed by atoms with Crippen LogP contribution >= 0.6 is 0 Å². The summed E-state index contributed by atoms with van der Waals surface area (Å²) >= 11 is 0. The molecule has 1 fully saturated rings. The first kappa shape index (κ1) is 13.5. The van der Waals surface area contributed by atoms with E-state index in [1.165, 1.54) is 26.4 Å². The van der Waals surface area contributed by atoms with E-state index in [2.05, 4.69) is 18.7 Å². The molecule has 0 radical (unpaired) electrons. The molecule has 1 saturated heterocycles. The van der Waals surface area contributed by atoms with Crippen molar-refractivity contribution < 1.29 is 9.53 Å². The summed E-state index contributed by atoms with van der Waals surface area (Å²) in [6.45, 7) is 6.58. The zero-order chi connectivity index (χ0) is 12.0. The van der Waals surface area contributed by atoms with Crippen molar-refractivity contribution in [2.45, 2.75) is 52.0 Å². The van der Waals surface area contributed by atoms with Gasteiger partial charge in [-0.15, -0.1) is 0 Å². The predicted molar refractivity (Wildman–Crippen MR) is 65.3 cm³/mol. The highest BCUT2D eigenvalue weighted by atomic mass is 16.5. The Morgan fingerprint density at radius 2 is 2.19 bits per heavy atom. The van der Waals surface area contributed by atoms with Crippen LogP contribution in [0.5, 0.6) is 0 Å². The summed E-state index contributed by atoms with van der Waals surface area (Å²) in [5.74, 6) is 0.700. The second kappa shape index (κ2) is 6.89. The van der Waals surface area contributed by atoms with Gasteiger partial charge in [0.15, 0.2) is 0 Å². The van der Waals surface area contributed by atoms with Crippen molar-refractivity contribution in [2.75, 3.05) is 20.2 Å². The summed E-state index contributed by atoms with van der Waals surface area (Å²) in [5.41, 5.74) is 0. The number of hydrogen-bond donors (Lipinski definition) is 0. The molecule has 0 aliphatic carbocycles. The van der Waals surface area contributed by atoms with Crippen LogP contribution in [0.4, 0.5) is 0 Å². The van der Waals surface area contributed by atoms with E-state index in [1.807, 2.05) is 0 Å². The number of esters is 1. The highest BCUT2D eigenvalue weighted by Gasteiger charge is 2.28. The second-order valence-corrected chi connectivity index (χ2v) is 5.11. The summed E-state index contributed by atoms with van der Waals surface area (Å²) in [6.07, 6.45) is 5.76. The SMILES string of the molecule is COC(=O)C1CCCCN1CCCC(C)C. The van der Waals surface area contributed by atoms with Crippen molar-refractivity contribution in [3.05, 3.63) is 0 Å². The molecule has 1 aliphatic rings. The van der Waals surface area contributed by atoms with E-state index in [0.717, 1.165) is 31.8 Å². The maximum Gasteiger partial charge on any atom is 0.323 e. The average molecular weight is 227 g/mol. The minimum Gasteiger partial charge on any atom is -0.468 e. The molecule has 0 aromatic rings. The van der Waals surface area contributed by atoms with Crippen LogP contribution < -0.4 is 0 Å². The Balaban J connectivity index is 2.38. The van der Waals surface area contributed by atoms with E-state index in [4.69, 9.17) is 4.74 Å². The van der Waals surface area contributed by atoms with Gasteiger partial charge in [-0.2, -0.15) is 0 Å². The number of rotatable bonds is 5. The van der Waals surface area contributed by atoms with E-state index in [-0.39, 0.29) is 12.0 Å². The maximum absolute atomic E-state index is 11.6. The highest BCUT2D eigenvalue weighted by molar-refractivity contribution is 5.75. The first-order chi connectivity index (χ1) is 7.65. The molecule has 0 N–H and O–H groups in total. The van der Waals surface area contributed by atoms with Crippen molar-refractivity contribution in [3.63, 3.8) is 0 Å². The van der Waals surface area contributed by atoms with Gasteiger partial charge in [-0.25, -0.2) is 0 Å². The van der Waals surface area contributed by atoms with Crippen LogP contribution in [-0.2, 0) is 9.53 Å². The molecule has 16 heavy (non-hydrogen) atoms. The molecular formula is C13H25NO2. The Morgan fingerprint density at radius 3 is 2.81 bits per heavy atom. The van der Waals surface area contributed by atoms with Crippen molar-refractivity contribution >= 4 is 5.97 Å². The van der Waals surface area contributed by atoms with E-state index < -0.39 is 0 Å². The number of likely N-dealkylation sites (tertiary alicyclic amines) is 1. The Labute approximate surface area is 99.1 Å². The standard InChI is InChI=1S/C13H25NO2/c1-11(2)7-6-10-14-9-5-4-8-12(14)13(15)16-3/h11-12H,4-10H2,1-3H3. The third-order valence-electron chi connectivity index (χ3n) is 3.31. The Hall–Kier alpha value is -0.570. The summed E-state index contributed by atoms with van der Waals surface area (Å²) < 4.78 is 4.87. The molecule has 3 nitrogen and oxygen atoms in total. The van der Waals surface area contributed by atoms with Gasteiger partial charge < -0.3 is 4.74 Å². The lowest BCUT2D eigenvalue weighted by atomic mass is 10.0. The minimum absolute atomic E-state index is 0.0194. The number of carbonyl (C=O) groups is 1. The monoisotopic (exact) mass is 227 g/mol. The van der Waals surface area contributed by atoms with E-state index >= 15 is 0 Å². The molecule has 1 heterocycles. The molecule has 3 heteroatoms. The Bertz CT molecular complexity index is 216. The molecule has 0 spiro atoms. The van der Waals surface area contributed by atoms with Gasteiger partial charge in [0, 0.05) is 0 Å². The van der Waals surface area contributed by atoms with Crippen LogP contribution in [0.1, 0.15) is 46.0 Å². The fraction of sp³-hybridized carbons (Fsp3) is 0.923. The van der Waals surface area contributed by atoms with Gasteiger partial charge in [0.1, 0.15) is 6.04 Å². The first-order valence-corrected chi connectivity index (χ1v) is 6.47. The fourth-order valence-corrected chi connectivity index (χ4v) is 2.36. The van der Waals surface area contributed by atoms with Crippen LogP contribution in [0.25, 0.3) is 0 Å². The molecule has 0 aromatic carbocycles. The van der Waals surface area contributed by atoms with Gasteiger partial charge in [0.25, 0.3) is 0 Å². The fourth-order valence-electron chi connectivity index (χ4n) is 2.36. The molecule has 0 saturated carbocycles. The summed E-state index contributed by atoms with van der Waals surface area (Å²) in [5, 5.41) is 0. The van der Waals surface area contributed by atoms with Crippen molar-refractivity contribution in [1.29, 1.82) is 0 Å². The molecular weight excluding hydrogens is 202 g/mol. The zero-order valence-electron chi connectivity index (χ0n) is 10.9. The molecule has 0 aromatic heterocycles. The van der Waals surface area contributed by atoms with Gasteiger partial charge >= 0.3 is 5.97 Å². The van der Waals surface area contributed by atoms with Crippen LogP contribution in [0.3, 0.4) is 0 Å². The number of hydrogen-bond acceptors (Lipinski definition) is 3. The lowest BCUT2D eigenvalue weighted by Crippen LogP contribution is -2.45. The van der Waals surface area contributed by atoms with Crippen LogP contribution in [0.2, 0.25) is 0 Å². The normalized spacial score (nSPS) is 22.4. The Kier molecular flexibility index (Phi) is 5.81. The predicted octanol–water partition coefficient (Wildman–Crippen LogP) is 2.45. The second-order valence-electron chi connectivity index (χ2n) is 5.11. The highest BCUT2D eigenvalue weighted by Crippen LogP contribution is 2.19. The Morgan fingerprint density at radius 1 is 1.44 bits per heavy atom. The molecule has 94 valence electrons. The third kappa shape index (κ3) is 4.12. The first-order valence-electron chi connectivity index (χ1n) is 6.47. The van der Waals surface area contributed by atoms with Crippen LogP contribution in [0, 0.1) is 5.92 Å². The topological polar surface area (TPSA) is 29.5 Å². The third-order valence-corrected chi connectivity index (χ3v) is 3.31. The van der Waals surface area contributed by atoms with E-state index in [0.29, 0.717) is 0 Å². The molecule has 0 bridgehead atoms. The van der Waals surface area contributed by atoms with Gasteiger partial charge in [-0.05, 0) is 44.7 Å². The number of methoxy groups -OCH3 is 1. The average Bonchev–Trinajstić information content (AvgIpc) is 2.28. The van der Waals surface area contributed by atoms with Crippen molar-refractivity contribution in [2.24, 2.45) is 5.92 Å². The van der Waals surface area contributed by atoms with E-state index in [9.17, 15) is 4.79 Å². The van der Waals surface area contributed by atoms with Gasteiger partial charge in [0.05, 0.1) is 7.11 Å². The van der Waals surface area contributed by atoms with Crippen molar-refractivity contribution in [1.82, 2.24) is 4.90 Å². The van der Waals surface area contributed by atoms with Crippen LogP contribution in [0.15, 0.2) is 0 Å². The zero-order valence-corrected chi connectivity index (χ0v) is 10.9. The number of nitrogens with zero attached hydrogens (tertiary/aromatic N) is 1. The lowest BCUT2D eigenvalue weighted by molar-refractivity contribution is -0.148. The van der Waals surface area contributed by atoms with Crippen molar-refractivity contribution in [3.8, 4) is 0 Å². The molecule has 1 atom stereocenters. The minimum atomic E-state index is -0.0516. The lowest BCUT2D eigenvalue weighted by Gasteiger charge is -2.33. The molecule has 1 rings (SSSR count). The maximum atomic E-state index is 11.6. The summed E-state index contributed by atoms with van der Waals surface area (Å²) in [7, 11) is 1.49. The smallest absolute Gasteiger partial charge is 0.323 e. The van der Waals surface area contributed by atoms with Gasteiger partial charge in [-0.3, -0.25) is 9.69 Å².